The minimum absolute atomic E-state index is 0.0561. The molecule has 18 heavy (non-hydrogen) atoms. The van der Waals surface area contributed by atoms with Crippen LogP contribution in [0.3, 0.4) is 0 Å². The largest absolute Gasteiger partial charge is 0.492 e. The Hall–Kier alpha value is -1.55. The highest BCUT2D eigenvalue weighted by Gasteiger charge is 2.31. The highest BCUT2D eigenvalue weighted by Crippen LogP contribution is 2.34. The molecule has 1 aromatic rings. The van der Waals surface area contributed by atoms with Crippen LogP contribution in [0.1, 0.15) is 24.8 Å². The van der Waals surface area contributed by atoms with Crippen LogP contribution in [0.4, 0.5) is 0 Å². The number of hydrogen-bond donors (Lipinski definition) is 1. The number of benzene rings is 1. The number of likely N-dealkylation sites (N-methyl/N-ethyl adjacent to an activating group) is 1. The average molecular weight is 249 g/mol. The molecule has 0 radical (unpaired) electrons. The second-order valence-corrected chi connectivity index (χ2v) is 4.80. The van der Waals surface area contributed by atoms with Crippen molar-refractivity contribution in [2.75, 3.05) is 20.2 Å². The number of aliphatic hydroxyl groups is 1. The second kappa shape index (κ2) is 5.40. The molecule has 4 heteroatoms. The Morgan fingerprint density at radius 2 is 2.28 bits per heavy atom. The normalized spacial score (nSPS) is 18.9. The first-order valence-corrected chi connectivity index (χ1v) is 6.24. The van der Waals surface area contributed by atoms with E-state index in [0.717, 1.165) is 11.3 Å². The molecule has 1 N–H and O–H groups in total. The van der Waals surface area contributed by atoms with E-state index in [-0.39, 0.29) is 17.9 Å². The van der Waals surface area contributed by atoms with Crippen molar-refractivity contribution in [3.63, 3.8) is 0 Å². The fourth-order valence-electron chi connectivity index (χ4n) is 2.12. The van der Waals surface area contributed by atoms with E-state index in [1.165, 1.54) is 0 Å². The number of nitrogens with zero attached hydrogens (tertiary/aromatic N) is 1. The van der Waals surface area contributed by atoms with E-state index in [2.05, 4.69) is 0 Å². The van der Waals surface area contributed by atoms with Gasteiger partial charge in [-0.3, -0.25) is 4.79 Å². The van der Waals surface area contributed by atoms with Crippen LogP contribution >= 0.6 is 0 Å². The van der Waals surface area contributed by atoms with Crippen molar-refractivity contribution in [2.45, 2.75) is 25.4 Å². The minimum atomic E-state index is -0.382. The molecular weight excluding hydrogens is 230 g/mol. The summed E-state index contributed by atoms with van der Waals surface area (Å²) in [5.41, 5.74) is 0.964. The van der Waals surface area contributed by atoms with Gasteiger partial charge in [-0.15, -0.1) is 0 Å². The molecule has 2 atom stereocenters. The average Bonchev–Trinajstić information content (AvgIpc) is 2.78. The predicted octanol–water partition coefficient (Wildman–Crippen LogP) is 1.39. The topological polar surface area (TPSA) is 49.8 Å². The molecule has 1 aromatic carbocycles. The monoisotopic (exact) mass is 249 g/mol. The summed E-state index contributed by atoms with van der Waals surface area (Å²) >= 11 is 0. The Morgan fingerprint density at radius 1 is 1.56 bits per heavy atom. The lowest BCUT2D eigenvalue weighted by Crippen LogP contribution is -2.34. The van der Waals surface area contributed by atoms with Gasteiger partial charge in [-0.2, -0.15) is 0 Å². The molecule has 1 aliphatic heterocycles. The summed E-state index contributed by atoms with van der Waals surface area (Å²) in [7, 11) is 1.77. The smallest absolute Gasteiger partial charge is 0.233 e. The number of para-hydroxylation sites is 1. The van der Waals surface area contributed by atoms with Gasteiger partial charge >= 0.3 is 0 Å². The third-order valence-corrected chi connectivity index (χ3v) is 3.26. The van der Waals surface area contributed by atoms with E-state index in [1.54, 1.807) is 18.9 Å². The Bertz CT molecular complexity index is 431. The summed E-state index contributed by atoms with van der Waals surface area (Å²) < 4.78 is 5.51. The van der Waals surface area contributed by atoms with Gasteiger partial charge in [0.05, 0.1) is 6.10 Å². The SMILES string of the molecule is CC(O)CCN(C)C(=O)C1COc2ccccc21. The van der Waals surface area contributed by atoms with Crippen LogP contribution in [0.5, 0.6) is 5.75 Å². The zero-order chi connectivity index (χ0) is 13.1. The van der Waals surface area contributed by atoms with Crippen molar-refractivity contribution < 1.29 is 14.6 Å². The van der Waals surface area contributed by atoms with Crippen molar-refractivity contribution >= 4 is 5.91 Å². The fraction of sp³-hybridized carbons (Fsp3) is 0.500. The van der Waals surface area contributed by atoms with E-state index >= 15 is 0 Å². The van der Waals surface area contributed by atoms with Crippen LogP contribution in [0.2, 0.25) is 0 Å². The Labute approximate surface area is 107 Å². The molecule has 0 fully saturated rings. The first-order valence-electron chi connectivity index (χ1n) is 6.24. The number of fused-ring (bicyclic) bond motifs is 1. The lowest BCUT2D eigenvalue weighted by molar-refractivity contribution is -0.131. The number of aliphatic hydroxyl groups excluding tert-OH is 1. The van der Waals surface area contributed by atoms with E-state index in [9.17, 15) is 9.90 Å². The number of amides is 1. The van der Waals surface area contributed by atoms with Gasteiger partial charge in [-0.05, 0) is 19.4 Å². The van der Waals surface area contributed by atoms with Crippen LogP contribution in [-0.2, 0) is 4.79 Å². The number of carbonyl (C=O) groups is 1. The van der Waals surface area contributed by atoms with Crippen molar-refractivity contribution in [1.82, 2.24) is 4.90 Å². The van der Waals surface area contributed by atoms with Gasteiger partial charge in [0.1, 0.15) is 18.3 Å². The zero-order valence-electron chi connectivity index (χ0n) is 10.8. The lowest BCUT2D eigenvalue weighted by Gasteiger charge is -2.21. The Morgan fingerprint density at radius 3 is 3.00 bits per heavy atom. The van der Waals surface area contributed by atoms with Gasteiger partial charge in [-0.1, -0.05) is 18.2 Å². The first-order chi connectivity index (χ1) is 8.59. The molecule has 0 aromatic heterocycles. The van der Waals surface area contributed by atoms with Gasteiger partial charge < -0.3 is 14.7 Å². The first kappa shape index (κ1) is 12.9. The van der Waals surface area contributed by atoms with Crippen molar-refractivity contribution in [1.29, 1.82) is 0 Å². The van der Waals surface area contributed by atoms with Crippen molar-refractivity contribution in [2.24, 2.45) is 0 Å². The summed E-state index contributed by atoms with van der Waals surface area (Å²) in [6.07, 6.45) is 0.213. The second-order valence-electron chi connectivity index (χ2n) is 4.80. The summed E-state index contributed by atoms with van der Waals surface area (Å²) in [6, 6.07) is 7.65. The summed E-state index contributed by atoms with van der Waals surface area (Å²) in [5, 5.41) is 9.24. The standard InChI is InChI=1S/C14H19NO3/c1-10(16)7-8-15(2)14(17)12-9-18-13-6-4-3-5-11(12)13/h3-6,10,12,16H,7-9H2,1-2H3. The summed E-state index contributed by atoms with van der Waals surface area (Å²) in [4.78, 5) is 14.0. The molecule has 2 rings (SSSR count). The highest BCUT2D eigenvalue weighted by atomic mass is 16.5. The molecule has 0 aliphatic carbocycles. The third kappa shape index (κ3) is 2.64. The van der Waals surface area contributed by atoms with Gasteiger partial charge in [0.15, 0.2) is 0 Å². The van der Waals surface area contributed by atoms with Crippen LogP contribution in [0, 0.1) is 0 Å². The molecule has 0 bridgehead atoms. The molecule has 1 amide bonds. The van der Waals surface area contributed by atoms with Gasteiger partial charge in [0.25, 0.3) is 0 Å². The summed E-state index contributed by atoms with van der Waals surface area (Å²) in [6.45, 7) is 2.71. The summed E-state index contributed by atoms with van der Waals surface area (Å²) in [5.74, 6) is 0.653. The third-order valence-electron chi connectivity index (χ3n) is 3.26. The molecule has 2 unspecified atom stereocenters. The number of hydrogen-bond acceptors (Lipinski definition) is 3. The predicted molar refractivity (Wildman–Crippen MR) is 68.6 cm³/mol. The number of rotatable bonds is 4. The maximum atomic E-state index is 12.3. The highest BCUT2D eigenvalue weighted by molar-refractivity contribution is 5.85. The van der Waals surface area contributed by atoms with E-state index in [4.69, 9.17) is 4.74 Å². The maximum absolute atomic E-state index is 12.3. The maximum Gasteiger partial charge on any atom is 0.233 e. The van der Waals surface area contributed by atoms with Gasteiger partial charge in [0, 0.05) is 19.2 Å². The van der Waals surface area contributed by atoms with Gasteiger partial charge in [-0.25, -0.2) is 0 Å². The molecule has 4 nitrogen and oxygen atoms in total. The molecular formula is C14H19NO3. The van der Waals surface area contributed by atoms with E-state index in [0.29, 0.717) is 19.6 Å². The molecule has 0 spiro atoms. The number of carbonyl (C=O) groups excluding carboxylic acids is 1. The van der Waals surface area contributed by atoms with Crippen LogP contribution in [-0.4, -0.2) is 42.2 Å². The molecule has 0 saturated heterocycles. The zero-order valence-corrected chi connectivity index (χ0v) is 10.8. The number of ether oxygens (including phenoxy) is 1. The van der Waals surface area contributed by atoms with Crippen LogP contribution in [0.25, 0.3) is 0 Å². The van der Waals surface area contributed by atoms with Crippen LogP contribution in [0.15, 0.2) is 24.3 Å². The van der Waals surface area contributed by atoms with Gasteiger partial charge in [0.2, 0.25) is 5.91 Å². The van der Waals surface area contributed by atoms with E-state index in [1.807, 2.05) is 24.3 Å². The molecule has 1 aliphatic rings. The van der Waals surface area contributed by atoms with E-state index < -0.39 is 0 Å². The molecule has 98 valence electrons. The molecule has 1 heterocycles. The Balaban J connectivity index is 2.02. The lowest BCUT2D eigenvalue weighted by atomic mass is 10.00. The van der Waals surface area contributed by atoms with Crippen LogP contribution < -0.4 is 4.74 Å². The fourth-order valence-corrected chi connectivity index (χ4v) is 2.12. The van der Waals surface area contributed by atoms with Crippen molar-refractivity contribution in [3.05, 3.63) is 29.8 Å². The molecule has 0 saturated carbocycles. The Kier molecular flexibility index (Phi) is 3.87. The minimum Gasteiger partial charge on any atom is -0.492 e. The quantitative estimate of drug-likeness (QED) is 0.877. The van der Waals surface area contributed by atoms with Crippen molar-refractivity contribution in [3.8, 4) is 5.75 Å².